The minimum Gasteiger partial charge on any atom is -0.479 e. The summed E-state index contributed by atoms with van der Waals surface area (Å²) in [4.78, 5) is 40.8. The predicted octanol–water partition coefficient (Wildman–Crippen LogP) is 4.19. The van der Waals surface area contributed by atoms with E-state index in [9.17, 15) is 14.4 Å². The van der Waals surface area contributed by atoms with Gasteiger partial charge in [0.25, 0.3) is 0 Å². The van der Waals surface area contributed by atoms with E-state index in [0.29, 0.717) is 6.42 Å². The van der Waals surface area contributed by atoms with Crippen LogP contribution in [0.15, 0.2) is 48.5 Å². The van der Waals surface area contributed by atoms with Crippen molar-refractivity contribution in [2.75, 3.05) is 20.3 Å². The Hall–Kier alpha value is -3.39. The molecule has 2 aromatic rings. The van der Waals surface area contributed by atoms with E-state index in [4.69, 9.17) is 14.7 Å². The molecule has 2 aromatic carbocycles. The number of hydroxylamine groups is 2. The molecule has 182 valence electrons. The van der Waals surface area contributed by atoms with Crippen molar-refractivity contribution in [1.82, 2.24) is 10.4 Å². The average molecular weight is 469 g/mol. The molecule has 8 heteroatoms. The molecule has 0 saturated carbocycles. The average Bonchev–Trinajstić information content (AvgIpc) is 3.08. The van der Waals surface area contributed by atoms with Crippen LogP contribution in [0.25, 0.3) is 11.1 Å². The van der Waals surface area contributed by atoms with Crippen LogP contribution in [0.2, 0.25) is 0 Å². The number of rotatable bonds is 9. The summed E-state index contributed by atoms with van der Waals surface area (Å²) in [6.07, 6.45) is -0.120. The first-order valence-electron chi connectivity index (χ1n) is 11.3. The molecule has 0 radical (unpaired) electrons. The van der Waals surface area contributed by atoms with Gasteiger partial charge < -0.3 is 15.2 Å². The maximum absolute atomic E-state index is 12.7. The van der Waals surface area contributed by atoms with Crippen LogP contribution in [0.1, 0.15) is 50.7 Å². The zero-order valence-electron chi connectivity index (χ0n) is 20.0. The van der Waals surface area contributed by atoms with Crippen LogP contribution in [0.5, 0.6) is 0 Å². The van der Waals surface area contributed by atoms with Gasteiger partial charge in [0.1, 0.15) is 6.61 Å². The fourth-order valence-electron chi connectivity index (χ4n) is 4.28. The minimum absolute atomic E-state index is 0.0441. The highest BCUT2D eigenvalue weighted by molar-refractivity contribution is 5.79. The van der Waals surface area contributed by atoms with E-state index in [1.54, 1.807) is 0 Å². The highest BCUT2D eigenvalue weighted by Gasteiger charge is 2.30. The lowest BCUT2D eigenvalue weighted by Gasteiger charge is -2.27. The van der Waals surface area contributed by atoms with Gasteiger partial charge in [-0.15, -0.1) is 0 Å². The summed E-state index contributed by atoms with van der Waals surface area (Å²) >= 11 is 0. The van der Waals surface area contributed by atoms with E-state index in [1.165, 1.54) is 7.05 Å². The SMILES string of the molecule is CN(OCC(=O)O)C(=O)CC(CC(C)(C)C)NC(=O)OCC1c2ccccc2-c2ccccc21. The van der Waals surface area contributed by atoms with Crippen LogP contribution in [0.3, 0.4) is 0 Å². The van der Waals surface area contributed by atoms with Crippen molar-refractivity contribution < 1.29 is 29.1 Å². The first-order valence-corrected chi connectivity index (χ1v) is 11.3. The number of alkyl carbamates (subject to hydrolysis) is 1. The zero-order valence-corrected chi connectivity index (χ0v) is 20.0. The third-order valence-electron chi connectivity index (χ3n) is 5.68. The molecular weight excluding hydrogens is 436 g/mol. The Morgan fingerprint density at radius 2 is 1.59 bits per heavy atom. The van der Waals surface area contributed by atoms with Crippen molar-refractivity contribution in [1.29, 1.82) is 0 Å². The monoisotopic (exact) mass is 468 g/mol. The maximum atomic E-state index is 12.7. The first kappa shape index (κ1) is 25.2. The van der Waals surface area contributed by atoms with Gasteiger partial charge in [-0.05, 0) is 34.1 Å². The molecule has 0 spiro atoms. The molecule has 1 unspecified atom stereocenters. The molecule has 0 aromatic heterocycles. The second-order valence-electron chi connectivity index (χ2n) is 9.69. The molecular formula is C26H32N2O6. The summed E-state index contributed by atoms with van der Waals surface area (Å²) in [5.74, 6) is -1.67. The number of carboxylic acid groups (broad SMARTS) is 1. The minimum atomic E-state index is -1.18. The van der Waals surface area contributed by atoms with Crippen molar-refractivity contribution in [2.24, 2.45) is 5.41 Å². The normalized spacial score (nSPS) is 13.5. The molecule has 0 bridgehead atoms. The summed E-state index contributed by atoms with van der Waals surface area (Å²) in [6, 6.07) is 15.7. The van der Waals surface area contributed by atoms with E-state index in [2.05, 4.69) is 29.6 Å². The van der Waals surface area contributed by atoms with Crippen LogP contribution in [0.4, 0.5) is 4.79 Å². The van der Waals surface area contributed by atoms with Gasteiger partial charge in [-0.25, -0.2) is 14.7 Å². The Balaban J connectivity index is 1.63. The van der Waals surface area contributed by atoms with Crippen molar-refractivity contribution in [3.8, 4) is 11.1 Å². The largest absolute Gasteiger partial charge is 0.479 e. The molecule has 34 heavy (non-hydrogen) atoms. The van der Waals surface area contributed by atoms with Gasteiger partial charge in [0.15, 0.2) is 6.61 Å². The third-order valence-corrected chi connectivity index (χ3v) is 5.68. The molecule has 0 heterocycles. The molecule has 1 aliphatic rings. The second kappa shape index (κ2) is 10.7. The Bertz CT molecular complexity index is 1000. The summed E-state index contributed by atoms with van der Waals surface area (Å²) in [5.41, 5.74) is 4.37. The van der Waals surface area contributed by atoms with Gasteiger partial charge in [0.2, 0.25) is 5.91 Å². The van der Waals surface area contributed by atoms with Crippen LogP contribution < -0.4 is 5.32 Å². The number of nitrogens with one attached hydrogen (secondary N) is 1. The number of amides is 2. The summed E-state index contributed by atoms with van der Waals surface area (Å²) < 4.78 is 5.62. The number of carbonyl (C=O) groups excluding carboxylic acids is 2. The Kier molecular flexibility index (Phi) is 7.94. The van der Waals surface area contributed by atoms with Crippen molar-refractivity contribution in [2.45, 2.75) is 45.6 Å². The molecule has 2 N–H and O–H groups in total. The van der Waals surface area contributed by atoms with Crippen molar-refractivity contribution >= 4 is 18.0 Å². The van der Waals surface area contributed by atoms with E-state index in [1.807, 2.05) is 45.0 Å². The topological polar surface area (TPSA) is 105 Å². The summed E-state index contributed by atoms with van der Waals surface area (Å²) in [6.45, 7) is 5.58. The number of ether oxygens (including phenoxy) is 1. The molecule has 0 aliphatic heterocycles. The van der Waals surface area contributed by atoms with Crippen LogP contribution in [-0.2, 0) is 19.2 Å². The number of fused-ring (bicyclic) bond motifs is 3. The molecule has 3 rings (SSSR count). The fourth-order valence-corrected chi connectivity index (χ4v) is 4.28. The standard InChI is InChI=1S/C26H32N2O6/c1-26(2,3)14-17(13-23(29)28(4)34-16-24(30)31)27-25(32)33-15-22-20-11-7-5-9-18(20)19-10-6-8-12-21(19)22/h5-12,17,22H,13-16H2,1-4H3,(H,27,32)(H,30,31). The van der Waals surface area contributed by atoms with Crippen molar-refractivity contribution in [3.05, 3.63) is 59.7 Å². The smallest absolute Gasteiger partial charge is 0.407 e. The van der Waals surface area contributed by atoms with Crippen LogP contribution in [-0.4, -0.2) is 54.4 Å². The molecule has 1 atom stereocenters. The van der Waals surface area contributed by atoms with Gasteiger partial charge >= 0.3 is 12.1 Å². The Morgan fingerprint density at radius 1 is 1.03 bits per heavy atom. The van der Waals surface area contributed by atoms with Gasteiger partial charge in [-0.2, -0.15) is 0 Å². The number of carboxylic acids is 1. The number of hydrogen-bond acceptors (Lipinski definition) is 5. The first-order chi connectivity index (χ1) is 16.0. The van der Waals surface area contributed by atoms with Gasteiger partial charge in [-0.1, -0.05) is 69.3 Å². The number of benzene rings is 2. The van der Waals surface area contributed by atoms with Crippen molar-refractivity contribution in [3.63, 3.8) is 0 Å². The number of aliphatic carboxylic acids is 1. The number of nitrogens with zero attached hydrogens (tertiary/aromatic N) is 1. The van der Waals surface area contributed by atoms with E-state index in [-0.39, 0.29) is 24.4 Å². The van der Waals surface area contributed by atoms with E-state index in [0.717, 1.165) is 27.3 Å². The highest BCUT2D eigenvalue weighted by atomic mass is 16.7. The zero-order chi connectivity index (χ0) is 24.9. The van der Waals surface area contributed by atoms with Crippen LogP contribution >= 0.6 is 0 Å². The van der Waals surface area contributed by atoms with E-state index >= 15 is 0 Å². The molecule has 8 nitrogen and oxygen atoms in total. The molecule has 0 fully saturated rings. The summed E-state index contributed by atoms with van der Waals surface area (Å²) in [5, 5.41) is 12.4. The summed E-state index contributed by atoms with van der Waals surface area (Å²) in [7, 11) is 1.35. The number of hydrogen-bond donors (Lipinski definition) is 2. The highest BCUT2D eigenvalue weighted by Crippen LogP contribution is 2.44. The third kappa shape index (κ3) is 6.57. The Morgan fingerprint density at radius 3 is 2.12 bits per heavy atom. The second-order valence-corrected chi connectivity index (χ2v) is 9.69. The molecule has 2 amide bonds. The maximum Gasteiger partial charge on any atom is 0.407 e. The van der Waals surface area contributed by atoms with Gasteiger partial charge in [0.05, 0.1) is 0 Å². The van der Waals surface area contributed by atoms with Crippen LogP contribution in [0, 0.1) is 5.41 Å². The predicted molar refractivity (Wildman–Crippen MR) is 127 cm³/mol. The lowest BCUT2D eigenvalue weighted by atomic mass is 9.87. The molecule has 1 aliphatic carbocycles. The molecule has 0 saturated heterocycles. The van der Waals surface area contributed by atoms with Gasteiger partial charge in [-0.3, -0.25) is 9.63 Å². The Labute approximate surface area is 199 Å². The fraction of sp³-hybridized carbons (Fsp3) is 0.423. The van der Waals surface area contributed by atoms with E-state index < -0.39 is 30.6 Å². The lowest BCUT2D eigenvalue weighted by Crippen LogP contribution is -2.42. The number of carbonyl (C=O) groups is 3. The lowest BCUT2D eigenvalue weighted by molar-refractivity contribution is -0.186. The van der Waals surface area contributed by atoms with Gasteiger partial charge in [0, 0.05) is 25.4 Å². The quantitative estimate of drug-likeness (QED) is 0.535.